The van der Waals surface area contributed by atoms with Gasteiger partial charge in [-0.15, -0.1) is 0 Å². The Labute approximate surface area is 107 Å². The van der Waals surface area contributed by atoms with Crippen molar-refractivity contribution in [2.75, 3.05) is 20.3 Å². The lowest BCUT2D eigenvalue weighted by Gasteiger charge is -2.10. The second-order valence-electron chi connectivity index (χ2n) is 4.13. The van der Waals surface area contributed by atoms with Crippen LogP contribution in [0.25, 0.3) is 0 Å². The average Bonchev–Trinajstić information content (AvgIpc) is 3.03. The van der Waals surface area contributed by atoms with E-state index in [4.69, 9.17) is 4.74 Å². The van der Waals surface area contributed by atoms with Crippen molar-refractivity contribution in [1.82, 2.24) is 19.7 Å². The third-order valence-electron chi connectivity index (χ3n) is 2.84. The van der Waals surface area contributed by atoms with E-state index < -0.39 is 0 Å². The fourth-order valence-corrected chi connectivity index (χ4v) is 1.86. The van der Waals surface area contributed by atoms with Crippen molar-refractivity contribution in [3.63, 3.8) is 0 Å². The van der Waals surface area contributed by atoms with Crippen LogP contribution in [0.5, 0.6) is 0 Å². The summed E-state index contributed by atoms with van der Waals surface area (Å²) in [5.74, 6) is 0. The minimum atomic E-state index is 0.744. The van der Waals surface area contributed by atoms with Crippen LogP contribution in [0.15, 0.2) is 36.8 Å². The van der Waals surface area contributed by atoms with E-state index in [-0.39, 0.29) is 0 Å². The van der Waals surface area contributed by atoms with Gasteiger partial charge in [-0.3, -0.25) is 4.68 Å². The van der Waals surface area contributed by atoms with Gasteiger partial charge >= 0.3 is 0 Å². The van der Waals surface area contributed by atoms with Crippen molar-refractivity contribution in [2.45, 2.75) is 19.6 Å². The maximum atomic E-state index is 5.01. The van der Waals surface area contributed by atoms with Crippen LogP contribution in [0.3, 0.4) is 0 Å². The first-order chi connectivity index (χ1) is 8.90. The van der Waals surface area contributed by atoms with E-state index in [1.165, 1.54) is 5.69 Å². The molecule has 0 saturated carbocycles. The Kier molecular flexibility index (Phi) is 4.99. The molecule has 2 heterocycles. The standard InChI is InChI=1S/C13H20N4O/c1-18-11-6-14-12-13-4-2-7-16(13)9-10-17-8-3-5-15-17/h2-5,7-8,14H,6,9-12H2,1H3. The molecule has 2 rings (SSSR count). The zero-order valence-corrected chi connectivity index (χ0v) is 10.7. The Morgan fingerprint density at radius 1 is 1.28 bits per heavy atom. The highest BCUT2D eigenvalue weighted by atomic mass is 16.5. The molecule has 0 amide bonds. The van der Waals surface area contributed by atoms with Crippen LogP contribution >= 0.6 is 0 Å². The fourth-order valence-electron chi connectivity index (χ4n) is 1.86. The normalized spacial score (nSPS) is 10.9. The maximum absolute atomic E-state index is 5.01. The summed E-state index contributed by atoms with van der Waals surface area (Å²) in [5, 5.41) is 7.56. The fraction of sp³-hybridized carbons (Fsp3) is 0.462. The van der Waals surface area contributed by atoms with Gasteiger partial charge in [-0.05, 0) is 18.2 Å². The number of methoxy groups -OCH3 is 1. The topological polar surface area (TPSA) is 44.0 Å². The van der Waals surface area contributed by atoms with Crippen molar-refractivity contribution in [1.29, 1.82) is 0 Å². The summed E-state index contributed by atoms with van der Waals surface area (Å²) >= 11 is 0. The van der Waals surface area contributed by atoms with Gasteiger partial charge < -0.3 is 14.6 Å². The molecular formula is C13H20N4O. The third kappa shape index (κ3) is 3.72. The van der Waals surface area contributed by atoms with Crippen molar-refractivity contribution in [2.24, 2.45) is 0 Å². The minimum absolute atomic E-state index is 0.744. The molecule has 18 heavy (non-hydrogen) atoms. The van der Waals surface area contributed by atoms with E-state index in [1.54, 1.807) is 7.11 Å². The van der Waals surface area contributed by atoms with E-state index in [9.17, 15) is 0 Å². The largest absolute Gasteiger partial charge is 0.383 e. The Bertz CT molecular complexity index is 436. The highest BCUT2D eigenvalue weighted by molar-refractivity contribution is 5.06. The van der Waals surface area contributed by atoms with Crippen molar-refractivity contribution in [3.05, 3.63) is 42.5 Å². The van der Waals surface area contributed by atoms with Crippen LogP contribution in [0.1, 0.15) is 5.69 Å². The monoisotopic (exact) mass is 248 g/mol. The zero-order chi connectivity index (χ0) is 12.6. The zero-order valence-electron chi connectivity index (χ0n) is 10.7. The molecule has 0 aliphatic rings. The molecule has 5 nitrogen and oxygen atoms in total. The van der Waals surface area contributed by atoms with E-state index >= 15 is 0 Å². The molecule has 2 aromatic rings. The van der Waals surface area contributed by atoms with Crippen molar-refractivity contribution < 1.29 is 4.74 Å². The lowest BCUT2D eigenvalue weighted by atomic mass is 10.4. The number of aryl methyl sites for hydroxylation is 2. The third-order valence-corrected chi connectivity index (χ3v) is 2.84. The highest BCUT2D eigenvalue weighted by Crippen LogP contribution is 2.02. The molecule has 98 valence electrons. The van der Waals surface area contributed by atoms with Gasteiger partial charge in [-0.1, -0.05) is 0 Å². The van der Waals surface area contributed by atoms with Crippen LogP contribution in [0, 0.1) is 0 Å². The summed E-state index contributed by atoms with van der Waals surface area (Å²) in [6.45, 7) is 4.33. The minimum Gasteiger partial charge on any atom is -0.383 e. The molecule has 0 unspecified atom stereocenters. The predicted octanol–water partition coefficient (Wildman–Crippen LogP) is 1.12. The lowest BCUT2D eigenvalue weighted by molar-refractivity contribution is 0.199. The van der Waals surface area contributed by atoms with Crippen LogP contribution in [0.2, 0.25) is 0 Å². The van der Waals surface area contributed by atoms with E-state index in [0.29, 0.717) is 0 Å². The molecule has 0 saturated heterocycles. The Morgan fingerprint density at radius 3 is 3.00 bits per heavy atom. The van der Waals surface area contributed by atoms with Crippen LogP contribution in [-0.4, -0.2) is 34.6 Å². The first-order valence-corrected chi connectivity index (χ1v) is 6.21. The molecule has 2 aromatic heterocycles. The van der Waals surface area contributed by atoms with Gasteiger partial charge in [0.1, 0.15) is 0 Å². The first kappa shape index (κ1) is 12.9. The van der Waals surface area contributed by atoms with Gasteiger partial charge in [0.05, 0.1) is 13.2 Å². The molecule has 0 spiro atoms. The molecule has 0 radical (unpaired) electrons. The number of hydrogen-bond donors (Lipinski definition) is 1. The van der Waals surface area contributed by atoms with Gasteiger partial charge in [0.25, 0.3) is 0 Å². The second kappa shape index (κ2) is 6.98. The molecule has 1 N–H and O–H groups in total. The summed E-state index contributed by atoms with van der Waals surface area (Å²) in [4.78, 5) is 0. The SMILES string of the molecule is COCCNCc1cccn1CCn1cccn1. The number of nitrogens with one attached hydrogen (secondary N) is 1. The smallest absolute Gasteiger partial charge is 0.0588 e. The second-order valence-corrected chi connectivity index (χ2v) is 4.13. The summed E-state index contributed by atoms with van der Waals surface area (Å²) in [6, 6.07) is 6.17. The number of hydrogen-bond acceptors (Lipinski definition) is 3. The quantitative estimate of drug-likeness (QED) is 0.712. The molecule has 0 bridgehead atoms. The first-order valence-electron chi connectivity index (χ1n) is 6.21. The van der Waals surface area contributed by atoms with Crippen LogP contribution in [-0.2, 0) is 24.4 Å². The van der Waals surface area contributed by atoms with E-state index in [2.05, 4.69) is 33.3 Å². The Morgan fingerprint density at radius 2 is 2.22 bits per heavy atom. The molecule has 0 aliphatic carbocycles. The summed E-state index contributed by atoms with van der Waals surface area (Å²) in [5.41, 5.74) is 1.29. The van der Waals surface area contributed by atoms with Gasteiger partial charge in [-0.2, -0.15) is 5.10 Å². The molecule has 0 fully saturated rings. The van der Waals surface area contributed by atoms with Crippen molar-refractivity contribution in [3.8, 4) is 0 Å². The highest BCUT2D eigenvalue weighted by Gasteiger charge is 2.00. The average molecular weight is 248 g/mol. The van der Waals surface area contributed by atoms with Gasteiger partial charge in [0, 0.05) is 51.0 Å². The molecule has 5 heteroatoms. The van der Waals surface area contributed by atoms with E-state index in [1.807, 2.05) is 23.1 Å². The summed E-state index contributed by atoms with van der Waals surface area (Å²) in [6.07, 6.45) is 5.90. The van der Waals surface area contributed by atoms with Gasteiger partial charge in [0.15, 0.2) is 0 Å². The lowest BCUT2D eigenvalue weighted by Crippen LogP contribution is -2.21. The number of rotatable bonds is 8. The number of ether oxygens (including phenoxy) is 1. The Hall–Kier alpha value is -1.59. The molecular weight excluding hydrogens is 228 g/mol. The maximum Gasteiger partial charge on any atom is 0.0588 e. The van der Waals surface area contributed by atoms with Gasteiger partial charge in [-0.25, -0.2) is 0 Å². The predicted molar refractivity (Wildman–Crippen MR) is 70.2 cm³/mol. The summed E-state index contributed by atoms with van der Waals surface area (Å²) in [7, 11) is 1.72. The molecule has 0 aliphatic heterocycles. The number of aromatic nitrogens is 3. The molecule has 0 aromatic carbocycles. The molecule has 0 atom stereocenters. The van der Waals surface area contributed by atoms with Crippen molar-refractivity contribution >= 4 is 0 Å². The van der Waals surface area contributed by atoms with Crippen LogP contribution < -0.4 is 5.32 Å². The van der Waals surface area contributed by atoms with Crippen LogP contribution in [0.4, 0.5) is 0 Å². The van der Waals surface area contributed by atoms with E-state index in [0.717, 1.165) is 32.8 Å². The number of nitrogens with zero attached hydrogens (tertiary/aromatic N) is 3. The Balaban J connectivity index is 1.79. The summed E-state index contributed by atoms with van der Waals surface area (Å²) < 4.78 is 9.21. The van der Waals surface area contributed by atoms with Gasteiger partial charge in [0.2, 0.25) is 0 Å².